The van der Waals surface area contributed by atoms with Gasteiger partial charge in [0, 0.05) is 11.1 Å². The number of halogens is 1. The van der Waals surface area contributed by atoms with Crippen LogP contribution in [-0.4, -0.2) is 22.7 Å². The van der Waals surface area contributed by atoms with E-state index in [1.807, 2.05) is 0 Å². The standard InChI is InChI=1S/C9H10ClNO2/c10-5-11-8(12)6-3-1-2-4-7(6)9(11)13/h1-5H2. The Morgan fingerprint density at radius 2 is 1.54 bits per heavy atom. The lowest BCUT2D eigenvalue weighted by Gasteiger charge is -2.08. The van der Waals surface area contributed by atoms with Crippen molar-refractivity contribution < 1.29 is 9.59 Å². The summed E-state index contributed by atoms with van der Waals surface area (Å²) < 4.78 is 0. The van der Waals surface area contributed by atoms with E-state index in [2.05, 4.69) is 0 Å². The van der Waals surface area contributed by atoms with E-state index >= 15 is 0 Å². The van der Waals surface area contributed by atoms with Gasteiger partial charge in [0.2, 0.25) is 0 Å². The molecule has 13 heavy (non-hydrogen) atoms. The van der Waals surface area contributed by atoms with Crippen molar-refractivity contribution in [2.24, 2.45) is 0 Å². The summed E-state index contributed by atoms with van der Waals surface area (Å²) in [6.45, 7) is 0. The Hall–Kier alpha value is -0.830. The molecule has 0 saturated heterocycles. The third kappa shape index (κ3) is 1.18. The second kappa shape index (κ2) is 3.14. The SMILES string of the molecule is O=C1C2=C(CCCC2)C(=O)N1CCl. The molecule has 4 heteroatoms. The molecule has 70 valence electrons. The third-order valence-corrected chi connectivity index (χ3v) is 2.83. The first-order chi connectivity index (χ1) is 6.25. The summed E-state index contributed by atoms with van der Waals surface area (Å²) in [4.78, 5) is 24.2. The van der Waals surface area contributed by atoms with Crippen LogP contribution in [0.3, 0.4) is 0 Å². The number of nitrogens with zero attached hydrogens (tertiary/aromatic N) is 1. The molecule has 0 bridgehead atoms. The highest BCUT2D eigenvalue weighted by molar-refractivity contribution is 6.26. The molecule has 2 aliphatic rings. The summed E-state index contributed by atoms with van der Waals surface area (Å²) in [6, 6.07) is -0.0231. The fourth-order valence-electron chi connectivity index (χ4n) is 1.90. The first-order valence-electron chi connectivity index (χ1n) is 4.40. The van der Waals surface area contributed by atoms with E-state index in [1.54, 1.807) is 0 Å². The number of rotatable bonds is 1. The highest BCUT2D eigenvalue weighted by Crippen LogP contribution is 2.32. The molecule has 0 spiro atoms. The first-order valence-corrected chi connectivity index (χ1v) is 4.93. The molecule has 0 unspecified atom stereocenters. The van der Waals surface area contributed by atoms with Crippen LogP contribution >= 0.6 is 11.6 Å². The Labute approximate surface area is 81.3 Å². The average molecular weight is 200 g/mol. The molecule has 0 aromatic rings. The molecule has 0 fully saturated rings. The van der Waals surface area contributed by atoms with Crippen molar-refractivity contribution >= 4 is 23.4 Å². The highest BCUT2D eigenvalue weighted by atomic mass is 35.5. The maximum Gasteiger partial charge on any atom is 0.258 e. The fourth-order valence-corrected chi connectivity index (χ4v) is 2.12. The summed E-state index contributed by atoms with van der Waals surface area (Å²) in [7, 11) is 0. The zero-order valence-corrected chi connectivity index (χ0v) is 7.93. The van der Waals surface area contributed by atoms with Gasteiger partial charge in [-0.2, -0.15) is 0 Å². The van der Waals surface area contributed by atoms with E-state index in [4.69, 9.17) is 11.6 Å². The van der Waals surface area contributed by atoms with Crippen LogP contribution in [0.2, 0.25) is 0 Å². The van der Waals surface area contributed by atoms with E-state index in [0.29, 0.717) is 11.1 Å². The number of imide groups is 1. The lowest BCUT2D eigenvalue weighted by molar-refractivity contribution is -0.136. The summed E-state index contributed by atoms with van der Waals surface area (Å²) in [5.41, 5.74) is 1.41. The number of carbonyl (C=O) groups is 2. The quantitative estimate of drug-likeness (QED) is 0.364. The van der Waals surface area contributed by atoms with Gasteiger partial charge in [-0.05, 0) is 25.7 Å². The Balaban J connectivity index is 2.35. The van der Waals surface area contributed by atoms with Crippen LogP contribution in [0.5, 0.6) is 0 Å². The van der Waals surface area contributed by atoms with Crippen molar-refractivity contribution in [3.05, 3.63) is 11.1 Å². The van der Waals surface area contributed by atoms with Gasteiger partial charge >= 0.3 is 0 Å². The second-order valence-corrected chi connectivity index (χ2v) is 3.56. The molecule has 2 rings (SSSR count). The van der Waals surface area contributed by atoms with E-state index in [-0.39, 0.29) is 17.8 Å². The van der Waals surface area contributed by atoms with Crippen molar-refractivity contribution in [3.8, 4) is 0 Å². The van der Waals surface area contributed by atoms with Gasteiger partial charge in [-0.3, -0.25) is 14.5 Å². The third-order valence-electron chi connectivity index (χ3n) is 2.59. The van der Waals surface area contributed by atoms with Gasteiger partial charge in [-0.15, -0.1) is 11.6 Å². The summed E-state index contributed by atoms with van der Waals surface area (Å²) in [5.74, 6) is -0.343. The molecule has 0 atom stereocenters. The van der Waals surface area contributed by atoms with E-state index in [9.17, 15) is 9.59 Å². The van der Waals surface area contributed by atoms with Crippen molar-refractivity contribution in [2.45, 2.75) is 25.7 Å². The fraction of sp³-hybridized carbons (Fsp3) is 0.556. The van der Waals surface area contributed by atoms with Crippen LogP contribution in [-0.2, 0) is 9.59 Å². The Morgan fingerprint density at radius 1 is 1.08 bits per heavy atom. The maximum absolute atomic E-state index is 11.5. The molecule has 1 aliphatic carbocycles. The van der Waals surface area contributed by atoms with Crippen molar-refractivity contribution in [3.63, 3.8) is 0 Å². The monoisotopic (exact) mass is 199 g/mol. The van der Waals surface area contributed by atoms with E-state index < -0.39 is 0 Å². The second-order valence-electron chi connectivity index (χ2n) is 3.32. The van der Waals surface area contributed by atoms with Gasteiger partial charge in [0.1, 0.15) is 6.00 Å². The normalized spacial score (nSPS) is 22.7. The van der Waals surface area contributed by atoms with Crippen LogP contribution < -0.4 is 0 Å². The average Bonchev–Trinajstić information content (AvgIpc) is 2.41. The van der Waals surface area contributed by atoms with Gasteiger partial charge in [-0.1, -0.05) is 0 Å². The molecule has 0 N–H and O–H groups in total. The molecule has 1 aliphatic heterocycles. The molecule has 0 aromatic heterocycles. The molecule has 0 aromatic carbocycles. The number of hydrogen-bond acceptors (Lipinski definition) is 2. The van der Waals surface area contributed by atoms with Crippen LogP contribution in [0.25, 0.3) is 0 Å². The molecular formula is C9H10ClNO2. The van der Waals surface area contributed by atoms with Crippen molar-refractivity contribution in [1.29, 1.82) is 0 Å². The zero-order chi connectivity index (χ0) is 9.42. The highest BCUT2D eigenvalue weighted by Gasteiger charge is 2.37. The van der Waals surface area contributed by atoms with Gasteiger partial charge in [0.25, 0.3) is 11.8 Å². The number of hydrogen-bond donors (Lipinski definition) is 0. The van der Waals surface area contributed by atoms with Gasteiger partial charge in [-0.25, -0.2) is 0 Å². The number of amides is 2. The number of carbonyl (C=O) groups excluding carboxylic acids is 2. The van der Waals surface area contributed by atoms with Gasteiger partial charge < -0.3 is 0 Å². The Morgan fingerprint density at radius 3 is 1.92 bits per heavy atom. The summed E-state index contributed by atoms with van der Waals surface area (Å²) in [6.07, 6.45) is 3.50. The first kappa shape index (κ1) is 8.75. The predicted octanol–water partition coefficient (Wildman–Crippen LogP) is 1.42. The van der Waals surface area contributed by atoms with E-state index in [1.165, 1.54) is 0 Å². The lowest BCUT2D eigenvalue weighted by atomic mass is 9.93. The van der Waals surface area contributed by atoms with E-state index in [0.717, 1.165) is 30.6 Å². The van der Waals surface area contributed by atoms with Crippen LogP contribution in [0, 0.1) is 0 Å². The Kier molecular flexibility index (Phi) is 2.12. The minimum Gasteiger partial charge on any atom is -0.269 e. The van der Waals surface area contributed by atoms with Crippen LogP contribution in [0.15, 0.2) is 11.1 Å². The Bertz CT molecular complexity index is 281. The number of alkyl halides is 1. The predicted molar refractivity (Wildman–Crippen MR) is 48.1 cm³/mol. The molecule has 1 heterocycles. The molecule has 0 radical (unpaired) electrons. The summed E-state index contributed by atoms with van der Waals surface area (Å²) in [5, 5.41) is 0. The minimum absolute atomic E-state index is 0.0231. The minimum atomic E-state index is -0.172. The smallest absolute Gasteiger partial charge is 0.258 e. The molecule has 0 saturated carbocycles. The summed E-state index contributed by atoms with van der Waals surface area (Å²) >= 11 is 5.52. The lowest BCUT2D eigenvalue weighted by Crippen LogP contribution is -2.30. The van der Waals surface area contributed by atoms with Crippen molar-refractivity contribution in [1.82, 2.24) is 4.90 Å². The largest absolute Gasteiger partial charge is 0.269 e. The van der Waals surface area contributed by atoms with Crippen LogP contribution in [0.1, 0.15) is 25.7 Å². The van der Waals surface area contributed by atoms with Gasteiger partial charge in [0.15, 0.2) is 0 Å². The zero-order valence-electron chi connectivity index (χ0n) is 7.18. The maximum atomic E-state index is 11.5. The molecular weight excluding hydrogens is 190 g/mol. The van der Waals surface area contributed by atoms with Crippen molar-refractivity contribution in [2.75, 3.05) is 6.00 Å². The molecule has 2 amide bonds. The topological polar surface area (TPSA) is 37.4 Å². The van der Waals surface area contributed by atoms with Gasteiger partial charge in [0.05, 0.1) is 0 Å². The molecule has 3 nitrogen and oxygen atoms in total. The van der Waals surface area contributed by atoms with Crippen LogP contribution in [0.4, 0.5) is 0 Å².